The number of aryl methyl sites for hydroxylation is 1. The van der Waals surface area contributed by atoms with E-state index >= 15 is 0 Å². The van der Waals surface area contributed by atoms with Crippen molar-refractivity contribution < 1.29 is 9.66 Å². The monoisotopic (exact) mass is 330 g/mol. The molecule has 0 spiro atoms. The summed E-state index contributed by atoms with van der Waals surface area (Å²) in [5.41, 5.74) is 0.662. The second kappa shape index (κ2) is 6.65. The van der Waals surface area contributed by atoms with Crippen molar-refractivity contribution in [1.29, 1.82) is 0 Å². The molecule has 0 unspecified atom stereocenters. The minimum Gasteiger partial charge on any atom is -0.480 e. The second-order valence-electron chi connectivity index (χ2n) is 5.48. The number of rotatable bonds is 4. The molecular weight excluding hydrogens is 312 g/mol. The predicted molar refractivity (Wildman–Crippen MR) is 88.6 cm³/mol. The van der Waals surface area contributed by atoms with E-state index in [0.717, 1.165) is 37.8 Å². The maximum Gasteiger partial charge on any atom is 0.290 e. The van der Waals surface area contributed by atoms with Gasteiger partial charge in [0.05, 0.1) is 24.4 Å². The van der Waals surface area contributed by atoms with Crippen LogP contribution in [-0.2, 0) is 0 Å². The fourth-order valence-electron chi connectivity index (χ4n) is 2.65. The Bertz CT molecular complexity index is 746. The first-order valence-electron chi connectivity index (χ1n) is 7.55. The lowest BCUT2D eigenvalue weighted by Crippen LogP contribution is -2.47. The highest BCUT2D eigenvalue weighted by atomic mass is 16.6. The average Bonchev–Trinajstić information content (AvgIpc) is 2.61. The molecule has 1 aliphatic rings. The summed E-state index contributed by atoms with van der Waals surface area (Å²) in [5.74, 6) is 2.03. The molecule has 0 N–H and O–H groups in total. The Morgan fingerprint density at radius 3 is 2.38 bits per heavy atom. The quantitative estimate of drug-likeness (QED) is 0.613. The maximum atomic E-state index is 10.9. The minimum atomic E-state index is -0.411. The van der Waals surface area contributed by atoms with Crippen molar-refractivity contribution in [2.45, 2.75) is 6.92 Å². The SMILES string of the molecule is COc1cncc(N2CCN(c3cc(C)c([N+](=O)[O-])cn3)CC2)n1. The molecule has 0 amide bonds. The van der Waals surface area contributed by atoms with Crippen LogP contribution in [0, 0.1) is 17.0 Å². The van der Waals surface area contributed by atoms with Gasteiger partial charge in [-0.2, -0.15) is 4.98 Å². The van der Waals surface area contributed by atoms with E-state index in [0.29, 0.717) is 11.4 Å². The van der Waals surface area contributed by atoms with Gasteiger partial charge in [-0.05, 0) is 13.0 Å². The Balaban J connectivity index is 1.68. The fourth-order valence-corrected chi connectivity index (χ4v) is 2.65. The third kappa shape index (κ3) is 3.19. The first kappa shape index (κ1) is 15.9. The molecule has 0 atom stereocenters. The number of nitrogens with zero attached hydrogens (tertiary/aromatic N) is 6. The highest BCUT2D eigenvalue weighted by molar-refractivity contribution is 5.50. The Morgan fingerprint density at radius 1 is 1.12 bits per heavy atom. The molecule has 0 saturated carbocycles. The zero-order valence-electron chi connectivity index (χ0n) is 13.5. The maximum absolute atomic E-state index is 10.9. The lowest BCUT2D eigenvalue weighted by atomic mass is 10.2. The number of aromatic nitrogens is 3. The summed E-state index contributed by atoms with van der Waals surface area (Å²) in [6.45, 7) is 4.76. The van der Waals surface area contributed by atoms with Gasteiger partial charge in [-0.1, -0.05) is 0 Å². The van der Waals surface area contributed by atoms with Crippen molar-refractivity contribution in [2.75, 3.05) is 43.1 Å². The molecule has 0 bridgehead atoms. The smallest absolute Gasteiger partial charge is 0.290 e. The summed E-state index contributed by atoms with van der Waals surface area (Å²) < 4.78 is 5.10. The molecule has 1 aliphatic heterocycles. The number of piperazine rings is 1. The van der Waals surface area contributed by atoms with Crippen molar-refractivity contribution in [2.24, 2.45) is 0 Å². The first-order valence-corrected chi connectivity index (χ1v) is 7.55. The molecule has 0 aromatic carbocycles. The second-order valence-corrected chi connectivity index (χ2v) is 5.48. The molecule has 24 heavy (non-hydrogen) atoms. The van der Waals surface area contributed by atoms with E-state index in [4.69, 9.17) is 4.74 Å². The summed E-state index contributed by atoms with van der Waals surface area (Å²) in [4.78, 5) is 27.5. The van der Waals surface area contributed by atoms with E-state index < -0.39 is 4.92 Å². The van der Waals surface area contributed by atoms with Gasteiger partial charge in [0.15, 0.2) is 5.82 Å². The van der Waals surface area contributed by atoms with E-state index in [-0.39, 0.29) is 5.69 Å². The molecule has 2 aromatic rings. The Morgan fingerprint density at radius 2 is 1.79 bits per heavy atom. The van der Waals surface area contributed by atoms with Crippen molar-refractivity contribution in [3.63, 3.8) is 0 Å². The molecule has 0 radical (unpaired) electrons. The summed E-state index contributed by atoms with van der Waals surface area (Å²) in [7, 11) is 1.56. The minimum absolute atomic E-state index is 0.0454. The zero-order chi connectivity index (χ0) is 17.1. The van der Waals surface area contributed by atoms with Crippen molar-refractivity contribution in [3.8, 4) is 5.88 Å². The Hall–Kier alpha value is -2.97. The number of ether oxygens (including phenoxy) is 1. The topological polar surface area (TPSA) is 97.5 Å². The number of hydrogen-bond acceptors (Lipinski definition) is 8. The lowest BCUT2D eigenvalue weighted by Gasteiger charge is -2.35. The van der Waals surface area contributed by atoms with Gasteiger partial charge in [-0.3, -0.25) is 15.1 Å². The molecule has 3 heterocycles. The van der Waals surface area contributed by atoms with Crippen LogP contribution in [0.4, 0.5) is 17.3 Å². The van der Waals surface area contributed by atoms with E-state index in [1.165, 1.54) is 6.20 Å². The van der Waals surface area contributed by atoms with Crippen LogP contribution >= 0.6 is 0 Å². The number of hydrogen-bond donors (Lipinski definition) is 0. The Kier molecular flexibility index (Phi) is 4.41. The van der Waals surface area contributed by atoms with Gasteiger partial charge in [-0.15, -0.1) is 0 Å². The highest BCUT2D eigenvalue weighted by Crippen LogP contribution is 2.23. The van der Waals surface area contributed by atoms with Crippen LogP contribution < -0.4 is 14.5 Å². The van der Waals surface area contributed by atoms with Crippen LogP contribution in [0.25, 0.3) is 0 Å². The highest BCUT2D eigenvalue weighted by Gasteiger charge is 2.21. The normalized spacial score (nSPS) is 14.6. The molecule has 1 saturated heterocycles. The van der Waals surface area contributed by atoms with E-state index in [2.05, 4.69) is 24.8 Å². The summed E-state index contributed by atoms with van der Waals surface area (Å²) in [5, 5.41) is 10.9. The molecule has 9 nitrogen and oxygen atoms in total. The molecule has 2 aromatic heterocycles. The fraction of sp³-hybridized carbons (Fsp3) is 0.400. The lowest BCUT2D eigenvalue weighted by molar-refractivity contribution is -0.385. The number of anilines is 2. The third-order valence-corrected chi connectivity index (χ3v) is 4.00. The van der Waals surface area contributed by atoms with E-state index in [1.807, 2.05) is 0 Å². The van der Waals surface area contributed by atoms with Gasteiger partial charge in [-0.25, -0.2) is 4.98 Å². The summed E-state index contributed by atoms with van der Waals surface area (Å²) in [6, 6.07) is 1.76. The van der Waals surface area contributed by atoms with Crippen LogP contribution in [0.1, 0.15) is 5.56 Å². The van der Waals surface area contributed by atoms with Gasteiger partial charge in [0.25, 0.3) is 5.69 Å². The van der Waals surface area contributed by atoms with Crippen LogP contribution in [-0.4, -0.2) is 53.2 Å². The van der Waals surface area contributed by atoms with Crippen LogP contribution in [0.5, 0.6) is 5.88 Å². The van der Waals surface area contributed by atoms with Gasteiger partial charge in [0, 0.05) is 31.7 Å². The first-order chi connectivity index (χ1) is 11.6. The molecule has 9 heteroatoms. The van der Waals surface area contributed by atoms with Crippen molar-refractivity contribution >= 4 is 17.3 Å². The van der Waals surface area contributed by atoms with Crippen molar-refractivity contribution in [3.05, 3.63) is 40.3 Å². The standard InChI is InChI=1S/C15H18N6O3/c1-11-7-13(17-8-12(11)21(22)23)19-3-5-20(6-4-19)14-9-16-10-15(18-14)24-2/h7-10H,3-6H2,1-2H3. The van der Waals surface area contributed by atoms with Crippen LogP contribution in [0.15, 0.2) is 24.7 Å². The largest absolute Gasteiger partial charge is 0.480 e. The summed E-state index contributed by atoms with van der Waals surface area (Å²) in [6.07, 6.45) is 4.61. The predicted octanol–water partition coefficient (Wildman–Crippen LogP) is 1.42. The molecular formula is C15H18N6O3. The molecule has 1 fully saturated rings. The zero-order valence-corrected chi connectivity index (χ0v) is 13.5. The van der Waals surface area contributed by atoms with Gasteiger partial charge >= 0.3 is 0 Å². The number of pyridine rings is 1. The van der Waals surface area contributed by atoms with E-state index in [9.17, 15) is 10.1 Å². The molecule has 126 valence electrons. The van der Waals surface area contributed by atoms with Crippen molar-refractivity contribution in [1.82, 2.24) is 15.0 Å². The molecule has 3 rings (SSSR count). The third-order valence-electron chi connectivity index (χ3n) is 4.00. The summed E-state index contributed by atoms with van der Waals surface area (Å²) >= 11 is 0. The molecule has 0 aliphatic carbocycles. The number of methoxy groups -OCH3 is 1. The van der Waals surface area contributed by atoms with Crippen LogP contribution in [0.2, 0.25) is 0 Å². The van der Waals surface area contributed by atoms with E-state index in [1.54, 1.807) is 32.5 Å². The van der Waals surface area contributed by atoms with Gasteiger partial charge in [0.2, 0.25) is 5.88 Å². The van der Waals surface area contributed by atoms with Gasteiger partial charge in [0.1, 0.15) is 12.0 Å². The van der Waals surface area contributed by atoms with Gasteiger partial charge < -0.3 is 14.5 Å². The number of nitro groups is 1. The Labute approximate surface area is 139 Å². The van der Waals surface area contributed by atoms with Crippen LogP contribution in [0.3, 0.4) is 0 Å². The average molecular weight is 330 g/mol.